The first-order valence-electron chi connectivity index (χ1n) is 4.07. The molecule has 3 nitrogen and oxygen atoms in total. The third-order valence-electron chi connectivity index (χ3n) is 2.56. The topological polar surface area (TPSA) is 52.5 Å². The van der Waals surface area contributed by atoms with Crippen molar-refractivity contribution in [3.63, 3.8) is 0 Å². The van der Waals surface area contributed by atoms with Crippen molar-refractivity contribution in [3.8, 4) is 0 Å². The molecule has 62 valence electrons. The highest BCUT2D eigenvalue weighted by Gasteiger charge is 2.29. The van der Waals surface area contributed by atoms with Gasteiger partial charge in [-0.05, 0) is 24.0 Å². The van der Waals surface area contributed by atoms with Gasteiger partial charge in [0.15, 0.2) is 0 Å². The summed E-state index contributed by atoms with van der Waals surface area (Å²) in [6, 6.07) is 0. The first-order chi connectivity index (χ1) is 5.29. The Labute approximate surface area is 65.7 Å². The zero-order valence-electron chi connectivity index (χ0n) is 6.38. The zero-order valence-corrected chi connectivity index (χ0v) is 6.38. The smallest absolute Gasteiger partial charge is 0.0767 e. The predicted octanol–water partition coefficient (Wildman–Crippen LogP) is -0.598. The molecular formula is C8H13NO2. The molecule has 3 N–H and O–H groups in total. The molecule has 2 rings (SSSR count). The van der Waals surface area contributed by atoms with Gasteiger partial charge in [-0.2, -0.15) is 0 Å². The molecule has 0 aromatic heterocycles. The van der Waals surface area contributed by atoms with E-state index in [1.54, 1.807) is 0 Å². The monoisotopic (exact) mass is 155 g/mol. The molecule has 0 amide bonds. The average Bonchev–Trinajstić information content (AvgIpc) is 2.45. The normalized spacial score (nSPS) is 37.6. The predicted molar refractivity (Wildman–Crippen MR) is 41.1 cm³/mol. The molecule has 0 aromatic rings. The molecule has 0 fully saturated rings. The molecule has 0 saturated carbocycles. The first-order valence-corrected chi connectivity index (χ1v) is 4.07. The quantitative estimate of drug-likeness (QED) is 0.409. The first kappa shape index (κ1) is 7.28. The minimum absolute atomic E-state index is 0.302. The van der Waals surface area contributed by atoms with Crippen molar-refractivity contribution in [1.29, 1.82) is 0 Å². The molecule has 0 radical (unpaired) electrons. The summed E-state index contributed by atoms with van der Waals surface area (Å²) in [7, 11) is 0. The van der Waals surface area contributed by atoms with Crippen molar-refractivity contribution in [2.45, 2.75) is 25.0 Å². The highest BCUT2D eigenvalue weighted by atomic mass is 16.3. The molecule has 2 unspecified atom stereocenters. The molecule has 3 heteroatoms. The van der Waals surface area contributed by atoms with Crippen molar-refractivity contribution >= 4 is 0 Å². The third kappa shape index (κ3) is 1.09. The van der Waals surface area contributed by atoms with Crippen LogP contribution < -0.4 is 5.32 Å². The SMILES string of the molecule is OC1CCC(O)C2=C1CNC2. The summed E-state index contributed by atoms with van der Waals surface area (Å²) in [5.41, 5.74) is 2.06. The van der Waals surface area contributed by atoms with Crippen LogP contribution in [0.4, 0.5) is 0 Å². The summed E-state index contributed by atoms with van der Waals surface area (Å²) in [6.07, 6.45) is 0.815. The molecule has 2 aliphatic rings. The lowest BCUT2D eigenvalue weighted by molar-refractivity contribution is 0.129. The van der Waals surface area contributed by atoms with Crippen molar-refractivity contribution in [2.24, 2.45) is 0 Å². The van der Waals surface area contributed by atoms with Crippen LogP contribution in [0.2, 0.25) is 0 Å². The van der Waals surface area contributed by atoms with Gasteiger partial charge in [0, 0.05) is 13.1 Å². The van der Waals surface area contributed by atoms with Crippen LogP contribution in [0.25, 0.3) is 0 Å². The van der Waals surface area contributed by atoms with Gasteiger partial charge in [-0.3, -0.25) is 0 Å². The lowest BCUT2D eigenvalue weighted by Crippen LogP contribution is -2.25. The fraction of sp³-hybridized carbons (Fsp3) is 0.750. The largest absolute Gasteiger partial charge is 0.389 e. The summed E-state index contributed by atoms with van der Waals surface area (Å²) in [5.74, 6) is 0. The number of hydrogen-bond acceptors (Lipinski definition) is 3. The average molecular weight is 155 g/mol. The number of aliphatic hydroxyl groups excluding tert-OH is 2. The number of aliphatic hydroxyl groups is 2. The van der Waals surface area contributed by atoms with Crippen LogP contribution in [-0.4, -0.2) is 35.5 Å². The fourth-order valence-electron chi connectivity index (χ4n) is 1.89. The molecule has 1 heterocycles. The van der Waals surface area contributed by atoms with E-state index in [0.29, 0.717) is 12.8 Å². The maximum Gasteiger partial charge on any atom is 0.0767 e. The van der Waals surface area contributed by atoms with E-state index >= 15 is 0 Å². The Morgan fingerprint density at radius 3 is 1.91 bits per heavy atom. The van der Waals surface area contributed by atoms with E-state index in [9.17, 15) is 10.2 Å². The maximum absolute atomic E-state index is 9.49. The molecule has 0 bridgehead atoms. The van der Waals surface area contributed by atoms with Crippen molar-refractivity contribution in [2.75, 3.05) is 13.1 Å². The van der Waals surface area contributed by atoms with Crippen LogP contribution in [0.1, 0.15) is 12.8 Å². The van der Waals surface area contributed by atoms with E-state index in [4.69, 9.17) is 0 Å². The fourth-order valence-corrected chi connectivity index (χ4v) is 1.89. The van der Waals surface area contributed by atoms with Crippen LogP contribution in [0.15, 0.2) is 11.1 Å². The minimum atomic E-state index is -0.302. The van der Waals surface area contributed by atoms with Gasteiger partial charge in [0.2, 0.25) is 0 Å². The number of rotatable bonds is 0. The molecule has 1 aliphatic carbocycles. The summed E-state index contributed by atoms with van der Waals surface area (Å²) in [4.78, 5) is 0. The van der Waals surface area contributed by atoms with Crippen LogP contribution in [0, 0.1) is 0 Å². The van der Waals surface area contributed by atoms with Gasteiger partial charge in [0.25, 0.3) is 0 Å². The Kier molecular flexibility index (Phi) is 1.71. The van der Waals surface area contributed by atoms with E-state index in [-0.39, 0.29) is 12.2 Å². The van der Waals surface area contributed by atoms with E-state index < -0.39 is 0 Å². The molecule has 0 saturated heterocycles. The van der Waals surface area contributed by atoms with Gasteiger partial charge in [0.1, 0.15) is 0 Å². The van der Waals surface area contributed by atoms with E-state index in [2.05, 4.69) is 5.32 Å². The standard InChI is InChI=1S/C8H13NO2/c10-7-1-2-8(11)6-4-9-3-5(6)7/h7-11H,1-4H2. The summed E-state index contributed by atoms with van der Waals surface area (Å²) in [6.45, 7) is 1.52. The second kappa shape index (κ2) is 2.59. The number of nitrogens with one attached hydrogen (secondary N) is 1. The molecule has 0 aromatic carbocycles. The Morgan fingerprint density at radius 2 is 1.45 bits per heavy atom. The Bertz CT molecular complexity index is 180. The molecule has 11 heavy (non-hydrogen) atoms. The lowest BCUT2D eigenvalue weighted by atomic mass is 9.89. The zero-order chi connectivity index (χ0) is 7.84. The molecular weight excluding hydrogens is 142 g/mol. The summed E-state index contributed by atoms with van der Waals surface area (Å²) >= 11 is 0. The van der Waals surface area contributed by atoms with E-state index in [1.807, 2.05) is 0 Å². The summed E-state index contributed by atoms with van der Waals surface area (Å²) in [5, 5.41) is 22.1. The Morgan fingerprint density at radius 1 is 1.00 bits per heavy atom. The van der Waals surface area contributed by atoms with Gasteiger partial charge < -0.3 is 15.5 Å². The van der Waals surface area contributed by atoms with Crippen molar-refractivity contribution < 1.29 is 10.2 Å². The minimum Gasteiger partial charge on any atom is -0.389 e. The van der Waals surface area contributed by atoms with Gasteiger partial charge in [-0.25, -0.2) is 0 Å². The van der Waals surface area contributed by atoms with Crippen LogP contribution in [0.3, 0.4) is 0 Å². The Hall–Kier alpha value is -0.380. The highest BCUT2D eigenvalue weighted by molar-refractivity contribution is 5.31. The van der Waals surface area contributed by atoms with Crippen molar-refractivity contribution in [1.82, 2.24) is 5.32 Å². The van der Waals surface area contributed by atoms with E-state index in [0.717, 1.165) is 24.2 Å². The highest BCUT2D eigenvalue weighted by Crippen LogP contribution is 2.27. The summed E-state index contributed by atoms with van der Waals surface area (Å²) < 4.78 is 0. The second-order valence-electron chi connectivity index (χ2n) is 3.26. The van der Waals surface area contributed by atoms with Gasteiger partial charge in [0.05, 0.1) is 12.2 Å². The molecule has 2 atom stereocenters. The van der Waals surface area contributed by atoms with Crippen LogP contribution in [0.5, 0.6) is 0 Å². The van der Waals surface area contributed by atoms with Crippen molar-refractivity contribution in [3.05, 3.63) is 11.1 Å². The number of hydrogen-bond donors (Lipinski definition) is 3. The van der Waals surface area contributed by atoms with E-state index in [1.165, 1.54) is 0 Å². The van der Waals surface area contributed by atoms with Crippen LogP contribution in [-0.2, 0) is 0 Å². The van der Waals surface area contributed by atoms with Gasteiger partial charge in [-0.1, -0.05) is 0 Å². The lowest BCUT2D eigenvalue weighted by Gasteiger charge is -2.23. The van der Waals surface area contributed by atoms with Gasteiger partial charge in [-0.15, -0.1) is 0 Å². The maximum atomic E-state index is 9.49. The molecule has 0 spiro atoms. The van der Waals surface area contributed by atoms with Crippen LogP contribution >= 0.6 is 0 Å². The van der Waals surface area contributed by atoms with Gasteiger partial charge >= 0.3 is 0 Å². The third-order valence-corrected chi connectivity index (χ3v) is 2.56. The second-order valence-corrected chi connectivity index (χ2v) is 3.26. The Balaban J connectivity index is 2.27. The molecule has 1 aliphatic heterocycles.